The highest BCUT2D eigenvalue weighted by molar-refractivity contribution is 5.99. The Labute approximate surface area is 241 Å². The number of benzene rings is 1. The molecule has 0 saturated heterocycles. The van der Waals surface area contributed by atoms with E-state index in [1.807, 2.05) is 51.1 Å². The second-order valence-corrected chi connectivity index (χ2v) is 10.3. The van der Waals surface area contributed by atoms with E-state index in [4.69, 9.17) is 9.51 Å². The number of carbonyl (C=O) groups excluding carboxylic acids is 1. The fraction of sp³-hybridized carbons (Fsp3) is 0.233. The zero-order chi connectivity index (χ0) is 29.3. The van der Waals surface area contributed by atoms with Crippen molar-refractivity contribution >= 4 is 23.4 Å². The molecule has 1 aromatic carbocycles. The van der Waals surface area contributed by atoms with E-state index in [0.717, 1.165) is 11.1 Å². The smallest absolute Gasteiger partial charge is 0.261 e. The Hall–Kier alpha value is -5.23. The molecule has 3 N–H and O–H groups in total. The molecule has 12 nitrogen and oxygen atoms in total. The Bertz CT molecular complexity index is 1730. The quantitative estimate of drug-likeness (QED) is 0.231. The summed E-state index contributed by atoms with van der Waals surface area (Å²) in [5.74, 6) is 1.32. The molecule has 1 aliphatic heterocycles. The molecule has 0 aliphatic carbocycles. The van der Waals surface area contributed by atoms with Crippen LogP contribution in [0.15, 0.2) is 77.8 Å². The van der Waals surface area contributed by atoms with Gasteiger partial charge >= 0.3 is 0 Å². The summed E-state index contributed by atoms with van der Waals surface area (Å²) < 4.78 is 5.62. The number of nitrogens with one attached hydrogen (secondary N) is 2. The van der Waals surface area contributed by atoms with Crippen molar-refractivity contribution in [2.24, 2.45) is 0 Å². The van der Waals surface area contributed by atoms with E-state index in [1.165, 1.54) is 0 Å². The number of aliphatic hydroxyl groups is 1. The van der Waals surface area contributed by atoms with E-state index in [-0.39, 0.29) is 18.4 Å². The number of carbonyl (C=O) groups is 1. The third kappa shape index (κ3) is 4.92. The summed E-state index contributed by atoms with van der Waals surface area (Å²) in [7, 11) is 0. The van der Waals surface area contributed by atoms with Crippen molar-refractivity contribution in [1.29, 1.82) is 0 Å². The van der Waals surface area contributed by atoms with Gasteiger partial charge in [0.05, 0.1) is 40.7 Å². The van der Waals surface area contributed by atoms with Crippen molar-refractivity contribution in [2.45, 2.75) is 32.4 Å². The monoisotopic (exact) mass is 563 g/mol. The number of anilines is 3. The second kappa shape index (κ2) is 11.0. The van der Waals surface area contributed by atoms with Gasteiger partial charge in [-0.15, -0.1) is 0 Å². The zero-order valence-electron chi connectivity index (χ0n) is 23.3. The molecular weight excluding hydrogens is 534 g/mol. The molecule has 0 fully saturated rings. The van der Waals surface area contributed by atoms with Gasteiger partial charge in [0.25, 0.3) is 11.8 Å². The number of fused-ring (bicyclic) bond motifs is 1. The van der Waals surface area contributed by atoms with E-state index < -0.39 is 11.6 Å². The van der Waals surface area contributed by atoms with Gasteiger partial charge in [-0.05, 0) is 38.5 Å². The van der Waals surface area contributed by atoms with Crippen LogP contribution in [0, 0.1) is 0 Å². The van der Waals surface area contributed by atoms with E-state index in [9.17, 15) is 9.90 Å². The summed E-state index contributed by atoms with van der Waals surface area (Å²) in [6.45, 7) is 6.28. The number of hydrogen-bond donors (Lipinski definition) is 3. The summed E-state index contributed by atoms with van der Waals surface area (Å²) in [5, 5.41) is 21.0. The number of nitrogens with zero attached hydrogens (tertiary/aromatic N) is 7. The van der Waals surface area contributed by atoms with Crippen LogP contribution in [-0.4, -0.2) is 59.1 Å². The van der Waals surface area contributed by atoms with E-state index in [1.54, 1.807) is 47.9 Å². The minimum absolute atomic E-state index is 0.0836. The number of pyridine rings is 2. The lowest BCUT2D eigenvalue weighted by atomic mass is 10.0. The maximum atomic E-state index is 12.8. The van der Waals surface area contributed by atoms with E-state index in [2.05, 4.69) is 35.7 Å². The molecule has 0 spiro atoms. The summed E-state index contributed by atoms with van der Waals surface area (Å²) in [4.78, 5) is 36.9. The van der Waals surface area contributed by atoms with Crippen LogP contribution in [-0.2, 0) is 5.54 Å². The molecule has 6 rings (SSSR count). The summed E-state index contributed by atoms with van der Waals surface area (Å²) in [6, 6.07) is 14.5. The van der Waals surface area contributed by atoms with Crippen molar-refractivity contribution in [3.8, 4) is 22.8 Å². The van der Waals surface area contributed by atoms with Crippen LogP contribution in [0.3, 0.4) is 0 Å². The van der Waals surface area contributed by atoms with Crippen LogP contribution >= 0.6 is 0 Å². The van der Waals surface area contributed by atoms with E-state index >= 15 is 0 Å². The average Bonchev–Trinajstić information content (AvgIpc) is 3.57. The van der Waals surface area contributed by atoms with Crippen molar-refractivity contribution in [3.05, 3.63) is 90.1 Å². The fourth-order valence-corrected chi connectivity index (χ4v) is 5.12. The molecule has 4 aromatic heterocycles. The normalized spacial score (nSPS) is 14.5. The lowest BCUT2D eigenvalue weighted by Gasteiger charge is -2.30. The van der Waals surface area contributed by atoms with Crippen LogP contribution in [0.2, 0.25) is 0 Å². The summed E-state index contributed by atoms with van der Waals surface area (Å²) in [5.41, 5.74) is 3.37. The highest BCUT2D eigenvalue weighted by atomic mass is 16.5. The van der Waals surface area contributed by atoms with Crippen LogP contribution in [0.25, 0.3) is 22.8 Å². The van der Waals surface area contributed by atoms with Crippen LogP contribution < -0.4 is 10.6 Å². The lowest BCUT2D eigenvalue weighted by molar-refractivity contribution is 0.0631. The Morgan fingerprint density at radius 3 is 2.52 bits per heavy atom. The van der Waals surface area contributed by atoms with Gasteiger partial charge in [-0.3, -0.25) is 9.78 Å². The SMILES string of the molecule is CCN1C(=O)c2cnc(Nc3cc(N[C@H](CO)c4ccccc4)c(-c4nc(-c5ccncc5)no4)cn3)nc2C1(C)C. The van der Waals surface area contributed by atoms with Crippen LogP contribution in [0.4, 0.5) is 17.5 Å². The first-order valence-corrected chi connectivity index (χ1v) is 13.5. The number of aliphatic hydroxyl groups excluding tert-OH is 1. The fourth-order valence-electron chi connectivity index (χ4n) is 5.12. The Morgan fingerprint density at radius 2 is 1.79 bits per heavy atom. The van der Waals surface area contributed by atoms with Gasteiger partial charge in [0.2, 0.25) is 11.8 Å². The molecule has 212 valence electrons. The van der Waals surface area contributed by atoms with Gasteiger partial charge in [0, 0.05) is 43.0 Å². The molecule has 5 heterocycles. The minimum Gasteiger partial charge on any atom is -0.394 e. The number of amides is 1. The maximum absolute atomic E-state index is 12.8. The Morgan fingerprint density at radius 1 is 1.02 bits per heavy atom. The van der Waals surface area contributed by atoms with Crippen molar-refractivity contribution in [2.75, 3.05) is 23.8 Å². The molecule has 5 aromatic rings. The van der Waals surface area contributed by atoms with Gasteiger partial charge in [0.1, 0.15) is 5.82 Å². The zero-order valence-corrected chi connectivity index (χ0v) is 23.3. The molecule has 0 radical (unpaired) electrons. The predicted molar refractivity (Wildman–Crippen MR) is 156 cm³/mol. The molecule has 0 unspecified atom stereocenters. The van der Waals surface area contributed by atoms with Crippen LogP contribution in [0.1, 0.15) is 48.4 Å². The molecule has 1 aliphatic rings. The predicted octanol–water partition coefficient (Wildman–Crippen LogP) is 4.58. The first-order chi connectivity index (χ1) is 20.4. The van der Waals surface area contributed by atoms with Crippen molar-refractivity contribution in [1.82, 2.24) is 35.0 Å². The molecule has 1 atom stereocenters. The Balaban J connectivity index is 1.36. The maximum Gasteiger partial charge on any atom is 0.261 e. The third-order valence-corrected chi connectivity index (χ3v) is 7.29. The number of aromatic nitrogens is 6. The third-order valence-electron chi connectivity index (χ3n) is 7.29. The van der Waals surface area contributed by atoms with Crippen molar-refractivity contribution in [3.63, 3.8) is 0 Å². The molecule has 12 heteroatoms. The molecule has 42 heavy (non-hydrogen) atoms. The Kier molecular flexibility index (Phi) is 7.05. The van der Waals surface area contributed by atoms with E-state index in [0.29, 0.717) is 46.6 Å². The molecule has 1 amide bonds. The molecule has 0 bridgehead atoms. The molecular formula is C30H29N9O3. The lowest BCUT2D eigenvalue weighted by Crippen LogP contribution is -2.39. The molecule has 0 saturated carbocycles. The second-order valence-electron chi connectivity index (χ2n) is 10.3. The standard InChI is InChI=1S/C30H29N9O3/c1-4-39-28(41)21-16-33-29(36-25(21)30(39,2)3)35-24-14-22(34-23(17-40)18-8-6-5-7-9-18)20(15-32-24)27-37-26(38-42-27)19-10-12-31-13-11-19/h5-16,23,40H,4,17H2,1-3H3,(H2,32,33,34,35,36)/t23-/m1/s1. The van der Waals surface area contributed by atoms with Gasteiger partial charge in [0.15, 0.2) is 0 Å². The van der Waals surface area contributed by atoms with Gasteiger partial charge in [-0.25, -0.2) is 15.0 Å². The highest BCUT2D eigenvalue weighted by Gasteiger charge is 2.44. The minimum atomic E-state index is -0.570. The highest BCUT2D eigenvalue weighted by Crippen LogP contribution is 2.38. The number of rotatable bonds is 9. The van der Waals surface area contributed by atoms with Gasteiger partial charge in [-0.2, -0.15) is 4.98 Å². The first-order valence-electron chi connectivity index (χ1n) is 13.5. The topological polar surface area (TPSA) is 155 Å². The first kappa shape index (κ1) is 27.0. The summed E-state index contributed by atoms with van der Waals surface area (Å²) in [6.07, 6.45) is 6.47. The number of hydrogen-bond acceptors (Lipinski definition) is 11. The van der Waals surface area contributed by atoms with Gasteiger partial charge < -0.3 is 25.2 Å². The van der Waals surface area contributed by atoms with Crippen LogP contribution in [0.5, 0.6) is 0 Å². The van der Waals surface area contributed by atoms with Crippen molar-refractivity contribution < 1.29 is 14.4 Å². The summed E-state index contributed by atoms with van der Waals surface area (Å²) >= 11 is 0. The van der Waals surface area contributed by atoms with Gasteiger partial charge in [-0.1, -0.05) is 35.5 Å². The largest absolute Gasteiger partial charge is 0.394 e. The average molecular weight is 564 g/mol.